The van der Waals surface area contributed by atoms with E-state index in [9.17, 15) is 8.42 Å². The normalized spacial score (nSPS) is 13.6. The molecule has 0 spiro atoms. The van der Waals surface area contributed by atoms with E-state index in [0.717, 1.165) is 18.2 Å². The summed E-state index contributed by atoms with van der Waals surface area (Å²) >= 11 is 5.80. The highest BCUT2D eigenvalue weighted by Crippen LogP contribution is 2.21. The molecule has 0 aliphatic rings. The van der Waals surface area contributed by atoms with Gasteiger partial charge in [-0.3, -0.25) is 0 Å². The van der Waals surface area contributed by atoms with Crippen LogP contribution in [0.1, 0.15) is 24.4 Å². The summed E-state index contributed by atoms with van der Waals surface area (Å²) in [5, 5.41) is 0.630. The molecule has 0 unspecified atom stereocenters. The number of nitrogens with two attached hydrogens (primary N) is 1. The van der Waals surface area contributed by atoms with Crippen molar-refractivity contribution in [3.8, 4) is 0 Å². The Balaban J connectivity index is 2.85. The van der Waals surface area contributed by atoms with Gasteiger partial charge in [-0.1, -0.05) is 23.7 Å². The maximum atomic E-state index is 11.3. The molecule has 0 heterocycles. The Bertz CT molecular complexity index is 445. The molecular formula is C11H17ClN2O2S. The molecule has 1 atom stereocenters. The van der Waals surface area contributed by atoms with E-state index in [1.54, 1.807) is 12.1 Å². The molecule has 0 aliphatic carbocycles. The van der Waals surface area contributed by atoms with Crippen molar-refractivity contribution in [1.29, 1.82) is 0 Å². The van der Waals surface area contributed by atoms with E-state index in [-0.39, 0.29) is 6.04 Å². The lowest BCUT2D eigenvalue weighted by Gasteiger charge is -2.17. The minimum Gasteiger partial charge on any atom is -0.330 e. The van der Waals surface area contributed by atoms with Crippen LogP contribution < -0.4 is 10.5 Å². The number of nitrogens with one attached hydrogen (secondary N) is 1. The second-order valence-corrected chi connectivity index (χ2v) is 6.14. The molecule has 6 heteroatoms. The minimum atomic E-state index is -3.24. The predicted molar refractivity (Wildman–Crippen MR) is 70.5 cm³/mol. The Hall–Kier alpha value is -0.620. The fraction of sp³-hybridized carbons (Fsp3) is 0.455. The summed E-state index contributed by atoms with van der Waals surface area (Å²) in [6.07, 6.45) is 2.58. The second-order valence-electron chi connectivity index (χ2n) is 3.93. The number of hydrogen-bond acceptors (Lipinski definition) is 3. The Kier molecular flexibility index (Phi) is 5.39. The number of hydrogen-bond donors (Lipinski definition) is 2. The molecule has 0 fully saturated rings. The van der Waals surface area contributed by atoms with Crippen molar-refractivity contribution in [3.05, 3.63) is 34.9 Å². The highest BCUT2D eigenvalue weighted by Gasteiger charge is 2.15. The number of rotatable bonds is 6. The third-order valence-corrected chi connectivity index (χ3v) is 3.29. The molecule has 1 aromatic rings. The van der Waals surface area contributed by atoms with Crippen molar-refractivity contribution in [2.45, 2.75) is 18.9 Å². The quantitative estimate of drug-likeness (QED) is 0.830. The van der Waals surface area contributed by atoms with Gasteiger partial charge in [0.25, 0.3) is 0 Å². The third-order valence-electron chi connectivity index (χ3n) is 2.33. The number of halogens is 1. The highest BCUT2D eigenvalue weighted by molar-refractivity contribution is 7.88. The van der Waals surface area contributed by atoms with Gasteiger partial charge in [-0.25, -0.2) is 13.1 Å². The lowest BCUT2D eigenvalue weighted by atomic mass is 10.0. The van der Waals surface area contributed by atoms with E-state index in [4.69, 9.17) is 17.3 Å². The standard InChI is InChI=1S/C11H17ClN2O2S/c1-17(15,16)14-11(3-2-8-13)9-4-6-10(12)7-5-9/h4-7,11,14H,2-3,8,13H2,1H3/t11-/m0/s1. The first-order valence-electron chi connectivity index (χ1n) is 5.35. The van der Waals surface area contributed by atoms with Gasteiger partial charge in [-0.2, -0.15) is 0 Å². The molecule has 0 amide bonds. The van der Waals surface area contributed by atoms with Crippen molar-refractivity contribution in [3.63, 3.8) is 0 Å². The van der Waals surface area contributed by atoms with Gasteiger partial charge < -0.3 is 5.73 Å². The number of benzene rings is 1. The maximum Gasteiger partial charge on any atom is 0.209 e. The average Bonchev–Trinajstić information content (AvgIpc) is 2.24. The molecule has 0 saturated carbocycles. The van der Waals surface area contributed by atoms with Crippen LogP contribution in [-0.2, 0) is 10.0 Å². The van der Waals surface area contributed by atoms with Crippen molar-refractivity contribution in [1.82, 2.24) is 4.72 Å². The van der Waals surface area contributed by atoms with Crippen LogP contribution >= 0.6 is 11.6 Å². The van der Waals surface area contributed by atoms with Crippen molar-refractivity contribution >= 4 is 21.6 Å². The van der Waals surface area contributed by atoms with Crippen LogP contribution in [0.5, 0.6) is 0 Å². The smallest absolute Gasteiger partial charge is 0.209 e. The van der Waals surface area contributed by atoms with E-state index >= 15 is 0 Å². The van der Waals surface area contributed by atoms with Gasteiger partial charge in [0.1, 0.15) is 0 Å². The zero-order valence-electron chi connectivity index (χ0n) is 9.69. The van der Waals surface area contributed by atoms with Crippen LogP contribution in [0.2, 0.25) is 5.02 Å². The second kappa shape index (κ2) is 6.35. The van der Waals surface area contributed by atoms with Crippen molar-refractivity contribution < 1.29 is 8.42 Å². The highest BCUT2D eigenvalue weighted by atomic mass is 35.5. The molecule has 17 heavy (non-hydrogen) atoms. The predicted octanol–water partition coefficient (Wildman–Crippen LogP) is 1.67. The van der Waals surface area contributed by atoms with Crippen LogP contribution in [-0.4, -0.2) is 21.2 Å². The molecule has 1 aromatic carbocycles. The fourth-order valence-electron chi connectivity index (χ4n) is 1.57. The first-order valence-corrected chi connectivity index (χ1v) is 7.62. The largest absolute Gasteiger partial charge is 0.330 e. The zero-order valence-corrected chi connectivity index (χ0v) is 11.3. The molecule has 0 aromatic heterocycles. The first-order chi connectivity index (χ1) is 7.92. The van der Waals surface area contributed by atoms with E-state index < -0.39 is 10.0 Å². The van der Waals surface area contributed by atoms with Crippen molar-refractivity contribution in [2.24, 2.45) is 5.73 Å². The van der Waals surface area contributed by atoms with E-state index in [1.165, 1.54) is 0 Å². The summed E-state index contributed by atoms with van der Waals surface area (Å²) < 4.78 is 25.2. The minimum absolute atomic E-state index is 0.245. The van der Waals surface area contributed by atoms with Gasteiger partial charge in [-0.05, 0) is 37.1 Å². The maximum absolute atomic E-state index is 11.3. The topological polar surface area (TPSA) is 72.2 Å². The van der Waals surface area contributed by atoms with Crippen LogP contribution in [0.4, 0.5) is 0 Å². The third kappa shape index (κ3) is 5.50. The van der Waals surface area contributed by atoms with Crippen LogP contribution in [0.25, 0.3) is 0 Å². The Morgan fingerprint density at radius 2 is 1.94 bits per heavy atom. The van der Waals surface area contributed by atoms with Gasteiger partial charge in [0.05, 0.1) is 6.26 Å². The summed E-state index contributed by atoms with van der Waals surface area (Å²) in [4.78, 5) is 0. The lowest BCUT2D eigenvalue weighted by molar-refractivity contribution is 0.534. The molecule has 0 aliphatic heterocycles. The van der Waals surface area contributed by atoms with Gasteiger partial charge in [0.15, 0.2) is 0 Å². The van der Waals surface area contributed by atoms with Crippen LogP contribution in [0.15, 0.2) is 24.3 Å². The average molecular weight is 277 g/mol. The molecule has 4 nitrogen and oxygen atoms in total. The van der Waals surface area contributed by atoms with Gasteiger partial charge in [0.2, 0.25) is 10.0 Å². The van der Waals surface area contributed by atoms with Gasteiger partial charge in [-0.15, -0.1) is 0 Å². The summed E-state index contributed by atoms with van der Waals surface area (Å²) in [7, 11) is -3.24. The SMILES string of the molecule is CS(=O)(=O)N[C@@H](CCCN)c1ccc(Cl)cc1. The first kappa shape index (κ1) is 14.4. The monoisotopic (exact) mass is 276 g/mol. The summed E-state index contributed by atoms with van der Waals surface area (Å²) in [5.41, 5.74) is 6.34. The van der Waals surface area contributed by atoms with Gasteiger partial charge >= 0.3 is 0 Å². The molecule has 0 radical (unpaired) electrons. The van der Waals surface area contributed by atoms with Gasteiger partial charge in [0, 0.05) is 11.1 Å². The Labute approximate surface area is 107 Å². The fourth-order valence-corrected chi connectivity index (χ4v) is 2.47. The Morgan fingerprint density at radius 3 is 2.41 bits per heavy atom. The van der Waals surface area contributed by atoms with Crippen LogP contribution in [0, 0.1) is 0 Å². The van der Waals surface area contributed by atoms with Crippen LogP contribution in [0.3, 0.4) is 0 Å². The lowest BCUT2D eigenvalue weighted by Crippen LogP contribution is -2.27. The summed E-state index contributed by atoms with van der Waals surface area (Å²) in [6, 6.07) is 6.89. The molecule has 3 N–H and O–H groups in total. The number of sulfonamides is 1. The molecule has 1 rings (SSSR count). The molecular weight excluding hydrogens is 260 g/mol. The molecule has 0 bridgehead atoms. The zero-order chi connectivity index (χ0) is 12.9. The van der Waals surface area contributed by atoms with Crippen molar-refractivity contribution in [2.75, 3.05) is 12.8 Å². The molecule has 0 saturated heterocycles. The Morgan fingerprint density at radius 1 is 1.35 bits per heavy atom. The summed E-state index contributed by atoms with van der Waals surface area (Å²) in [5.74, 6) is 0. The van der Waals surface area contributed by atoms with E-state index in [1.807, 2.05) is 12.1 Å². The summed E-state index contributed by atoms with van der Waals surface area (Å²) in [6.45, 7) is 0.537. The van der Waals surface area contributed by atoms with E-state index in [2.05, 4.69) is 4.72 Å². The van der Waals surface area contributed by atoms with E-state index in [0.29, 0.717) is 18.0 Å². The molecule has 96 valence electrons.